The van der Waals surface area contributed by atoms with Gasteiger partial charge in [-0.25, -0.2) is 0 Å². The molecule has 1 heterocycles. The molecule has 2 amide bonds. The molecule has 0 aromatic rings. The minimum absolute atomic E-state index is 0.144. The monoisotopic (exact) mass is 300 g/mol. The minimum Gasteiger partial charge on any atom is -0.481 e. The summed E-state index contributed by atoms with van der Waals surface area (Å²) in [6.45, 7) is 2.26. The van der Waals surface area contributed by atoms with Crippen molar-refractivity contribution in [1.29, 1.82) is 0 Å². The van der Waals surface area contributed by atoms with E-state index in [1.54, 1.807) is 0 Å². The molecule has 2 rings (SSSR count). The van der Waals surface area contributed by atoms with E-state index in [0.717, 1.165) is 24.6 Å². The number of nitrogens with one attached hydrogen (secondary N) is 2. The maximum atomic E-state index is 11.9. The molecule has 2 fully saturated rings. The van der Waals surface area contributed by atoms with Gasteiger partial charge in [0, 0.05) is 12.3 Å². The van der Waals surface area contributed by atoms with Gasteiger partial charge in [0.1, 0.15) is 6.04 Å². The van der Waals surface area contributed by atoms with E-state index >= 15 is 0 Å². The molecule has 0 aromatic heterocycles. The van der Waals surface area contributed by atoms with Gasteiger partial charge >= 0.3 is 5.97 Å². The van der Waals surface area contributed by atoms with Crippen molar-refractivity contribution in [3.63, 3.8) is 0 Å². The third kappa shape index (κ3) is 3.26. The number of carbonyl (C=O) groups is 3. The summed E-state index contributed by atoms with van der Waals surface area (Å²) in [5.41, 5.74) is -0.849. The topological polar surface area (TPSA) is 95.5 Å². The average molecular weight is 300 g/mol. The number of thioether (sulfide) groups is 1. The first-order valence-electron chi connectivity index (χ1n) is 6.87. The van der Waals surface area contributed by atoms with Crippen molar-refractivity contribution >= 4 is 28.9 Å². The van der Waals surface area contributed by atoms with Gasteiger partial charge in [-0.05, 0) is 31.6 Å². The molecule has 6 nitrogen and oxygen atoms in total. The van der Waals surface area contributed by atoms with Gasteiger partial charge in [-0.1, -0.05) is 18.7 Å². The van der Waals surface area contributed by atoms with Gasteiger partial charge in [0.05, 0.1) is 5.41 Å². The Kier molecular flexibility index (Phi) is 4.57. The smallest absolute Gasteiger partial charge is 0.311 e. The van der Waals surface area contributed by atoms with Crippen molar-refractivity contribution in [2.24, 2.45) is 11.3 Å². The predicted molar refractivity (Wildman–Crippen MR) is 75.5 cm³/mol. The summed E-state index contributed by atoms with van der Waals surface area (Å²) in [7, 11) is 0. The average Bonchev–Trinajstić information content (AvgIpc) is 2.84. The maximum absolute atomic E-state index is 11.9. The second-order valence-electron chi connectivity index (χ2n) is 5.78. The Morgan fingerprint density at radius 1 is 1.45 bits per heavy atom. The zero-order valence-corrected chi connectivity index (χ0v) is 12.3. The normalized spacial score (nSPS) is 33.5. The van der Waals surface area contributed by atoms with E-state index in [4.69, 9.17) is 0 Å². The number of carboxylic acids is 1. The Hall–Kier alpha value is -1.24. The van der Waals surface area contributed by atoms with Crippen molar-refractivity contribution in [1.82, 2.24) is 10.6 Å². The fraction of sp³-hybridized carbons (Fsp3) is 0.769. The third-order valence-corrected chi connectivity index (χ3v) is 5.16. The molecular weight excluding hydrogens is 280 g/mol. The number of carboxylic acid groups (broad SMARTS) is 1. The van der Waals surface area contributed by atoms with Crippen LogP contribution >= 0.6 is 11.8 Å². The van der Waals surface area contributed by atoms with Crippen molar-refractivity contribution in [2.75, 3.05) is 12.3 Å². The Bertz CT molecular complexity index is 419. The maximum Gasteiger partial charge on any atom is 0.311 e. The standard InChI is InChI=1S/C13H20N2O4S/c1-8-2-4-13(5-3-8,11(17)18)7-14-10(16)9-6-20-12(19)15-9/h8-9H,2-7H2,1H3,(H,14,16)(H,15,19)(H,17,18). The first kappa shape index (κ1) is 15.2. The second-order valence-corrected chi connectivity index (χ2v) is 6.77. The molecule has 7 heteroatoms. The molecule has 0 aromatic carbocycles. The number of rotatable bonds is 4. The zero-order valence-electron chi connectivity index (χ0n) is 11.5. The van der Waals surface area contributed by atoms with Crippen molar-refractivity contribution < 1.29 is 19.5 Å². The molecule has 1 aliphatic heterocycles. The summed E-state index contributed by atoms with van der Waals surface area (Å²) in [5, 5.41) is 14.5. The highest BCUT2D eigenvalue weighted by Gasteiger charge is 2.42. The number of amides is 2. The van der Waals surface area contributed by atoms with Crippen LogP contribution in [0.3, 0.4) is 0 Å². The van der Waals surface area contributed by atoms with Crippen LogP contribution in [-0.2, 0) is 9.59 Å². The zero-order chi connectivity index (χ0) is 14.8. The predicted octanol–water partition coefficient (Wildman–Crippen LogP) is 1.21. The largest absolute Gasteiger partial charge is 0.481 e. The van der Waals surface area contributed by atoms with Gasteiger partial charge in [-0.2, -0.15) is 0 Å². The first-order chi connectivity index (χ1) is 9.43. The molecule has 1 saturated heterocycles. The quantitative estimate of drug-likeness (QED) is 0.725. The Morgan fingerprint density at radius 3 is 2.60 bits per heavy atom. The SMILES string of the molecule is CC1CCC(CNC(=O)C2CSC(=O)N2)(C(=O)O)CC1. The summed E-state index contributed by atoms with van der Waals surface area (Å²) >= 11 is 1.07. The van der Waals surface area contributed by atoms with Crippen LogP contribution in [0.2, 0.25) is 0 Å². The Labute approximate surface area is 122 Å². The highest BCUT2D eigenvalue weighted by Crippen LogP contribution is 2.38. The molecule has 1 saturated carbocycles. The van der Waals surface area contributed by atoms with E-state index < -0.39 is 17.4 Å². The highest BCUT2D eigenvalue weighted by atomic mass is 32.2. The summed E-state index contributed by atoms with van der Waals surface area (Å²) in [4.78, 5) is 34.5. The molecule has 112 valence electrons. The number of hydrogen-bond acceptors (Lipinski definition) is 4. The molecule has 0 radical (unpaired) electrons. The van der Waals surface area contributed by atoms with Crippen LogP contribution in [0.5, 0.6) is 0 Å². The Morgan fingerprint density at radius 2 is 2.10 bits per heavy atom. The van der Waals surface area contributed by atoms with Gasteiger partial charge in [0.15, 0.2) is 0 Å². The van der Waals surface area contributed by atoms with Gasteiger partial charge < -0.3 is 15.7 Å². The fourth-order valence-corrected chi connectivity index (χ4v) is 3.46. The van der Waals surface area contributed by atoms with Gasteiger partial charge in [0.2, 0.25) is 5.91 Å². The first-order valence-corrected chi connectivity index (χ1v) is 7.86. The Balaban J connectivity index is 1.91. The lowest BCUT2D eigenvalue weighted by Crippen LogP contribution is -2.50. The van der Waals surface area contributed by atoms with Crippen LogP contribution in [0.1, 0.15) is 32.6 Å². The van der Waals surface area contributed by atoms with E-state index in [1.807, 2.05) is 0 Å². The van der Waals surface area contributed by atoms with E-state index in [-0.39, 0.29) is 17.7 Å². The van der Waals surface area contributed by atoms with E-state index in [0.29, 0.717) is 24.5 Å². The summed E-state index contributed by atoms with van der Waals surface area (Å²) in [5.74, 6) is -0.178. The van der Waals surface area contributed by atoms with E-state index in [9.17, 15) is 19.5 Å². The minimum atomic E-state index is -0.849. The number of carbonyl (C=O) groups excluding carboxylic acids is 2. The third-order valence-electron chi connectivity index (χ3n) is 4.28. The van der Waals surface area contributed by atoms with Crippen LogP contribution in [0, 0.1) is 11.3 Å². The molecule has 2 aliphatic rings. The van der Waals surface area contributed by atoms with Crippen molar-refractivity contribution in [3.8, 4) is 0 Å². The van der Waals surface area contributed by atoms with Crippen LogP contribution in [0.15, 0.2) is 0 Å². The summed E-state index contributed by atoms with van der Waals surface area (Å²) in [6.07, 6.45) is 2.93. The van der Waals surface area contributed by atoms with Gasteiger partial charge in [-0.15, -0.1) is 0 Å². The van der Waals surface area contributed by atoms with Crippen LogP contribution in [-0.4, -0.2) is 40.6 Å². The fourth-order valence-electron chi connectivity index (χ4n) is 2.69. The van der Waals surface area contributed by atoms with E-state index in [2.05, 4.69) is 17.6 Å². The molecule has 1 unspecified atom stereocenters. The lowest BCUT2D eigenvalue weighted by atomic mass is 9.71. The molecule has 1 atom stereocenters. The van der Waals surface area contributed by atoms with Crippen molar-refractivity contribution in [3.05, 3.63) is 0 Å². The summed E-state index contributed by atoms with van der Waals surface area (Å²) < 4.78 is 0. The van der Waals surface area contributed by atoms with Gasteiger partial charge in [0.25, 0.3) is 5.24 Å². The molecule has 3 N–H and O–H groups in total. The number of hydrogen-bond donors (Lipinski definition) is 3. The molecule has 1 aliphatic carbocycles. The molecule has 0 bridgehead atoms. The van der Waals surface area contributed by atoms with Crippen molar-refractivity contribution in [2.45, 2.75) is 38.6 Å². The molecular formula is C13H20N2O4S. The highest BCUT2D eigenvalue weighted by molar-refractivity contribution is 8.14. The van der Waals surface area contributed by atoms with Crippen LogP contribution in [0.25, 0.3) is 0 Å². The van der Waals surface area contributed by atoms with Crippen LogP contribution in [0.4, 0.5) is 4.79 Å². The lowest BCUT2D eigenvalue weighted by Gasteiger charge is -2.36. The summed E-state index contributed by atoms with van der Waals surface area (Å²) in [6, 6.07) is -0.541. The second kappa shape index (κ2) is 6.03. The lowest BCUT2D eigenvalue weighted by molar-refractivity contribution is -0.151. The number of aliphatic carboxylic acids is 1. The van der Waals surface area contributed by atoms with Gasteiger partial charge in [-0.3, -0.25) is 14.4 Å². The molecule has 0 spiro atoms. The van der Waals surface area contributed by atoms with E-state index in [1.165, 1.54) is 0 Å². The van der Waals surface area contributed by atoms with Crippen LogP contribution < -0.4 is 10.6 Å². The molecule has 20 heavy (non-hydrogen) atoms.